The number of nitrogens with one attached hydrogen (secondary N) is 2. The molecule has 2 N–H and O–H groups in total. The quantitative estimate of drug-likeness (QED) is 0.195. The van der Waals surface area contributed by atoms with E-state index >= 15 is 0 Å². The van der Waals surface area contributed by atoms with E-state index in [0.717, 1.165) is 49.1 Å². The Hall–Kier alpha value is -1.78. The highest BCUT2D eigenvalue weighted by molar-refractivity contribution is 14.0. The molecule has 1 aromatic carbocycles. The second kappa shape index (κ2) is 14.3. The van der Waals surface area contributed by atoms with Crippen molar-refractivity contribution in [1.82, 2.24) is 15.5 Å². The second-order valence-corrected chi connectivity index (χ2v) is 7.42. The number of ether oxygens (including phenoxy) is 2. The first-order valence-electron chi connectivity index (χ1n) is 10.7. The van der Waals surface area contributed by atoms with Gasteiger partial charge in [0.1, 0.15) is 11.5 Å². The summed E-state index contributed by atoms with van der Waals surface area (Å²) in [5.74, 6) is 2.65. The van der Waals surface area contributed by atoms with Gasteiger partial charge in [-0.05, 0) is 55.8 Å². The maximum absolute atomic E-state index is 5.79. The lowest BCUT2D eigenvalue weighted by atomic mass is 10.2. The zero-order chi connectivity index (χ0) is 21.0. The van der Waals surface area contributed by atoms with Gasteiger partial charge < -0.3 is 24.5 Å². The molecule has 8 heteroatoms. The summed E-state index contributed by atoms with van der Waals surface area (Å²) in [7, 11) is 3.50. The summed E-state index contributed by atoms with van der Waals surface area (Å²) in [5.41, 5.74) is 1.14. The summed E-state index contributed by atoms with van der Waals surface area (Å²) < 4.78 is 16.5. The first-order valence-corrected chi connectivity index (χ1v) is 10.7. The summed E-state index contributed by atoms with van der Waals surface area (Å²) in [4.78, 5) is 6.85. The average Bonchev–Trinajstić information content (AvgIpc) is 3.49. The highest BCUT2D eigenvalue weighted by Gasteiger charge is 2.25. The van der Waals surface area contributed by atoms with Crippen LogP contribution in [0, 0.1) is 0 Å². The van der Waals surface area contributed by atoms with E-state index in [0.29, 0.717) is 19.8 Å². The smallest absolute Gasteiger partial charge is 0.191 e. The van der Waals surface area contributed by atoms with Gasteiger partial charge in [0.25, 0.3) is 0 Å². The average molecular weight is 542 g/mol. The summed E-state index contributed by atoms with van der Waals surface area (Å²) in [6.45, 7) is 4.99. The summed E-state index contributed by atoms with van der Waals surface area (Å²) in [6.07, 6.45) is 5.11. The van der Waals surface area contributed by atoms with E-state index in [2.05, 4.69) is 38.7 Å². The molecular formula is C23H35IN4O3. The third kappa shape index (κ3) is 8.34. The Labute approximate surface area is 202 Å². The van der Waals surface area contributed by atoms with E-state index in [-0.39, 0.29) is 30.0 Å². The first kappa shape index (κ1) is 25.5. The molecule has 0 aliphatic carbocycles. The Morgan fingerprint density at radius 2 is 2.00 bits per heavy atom. The number of nitrogens with zero attached hydrogens (tertiary/aromatic N) is 2. The molecule has 31 heavy (non-hydrogen) atoms. The fraction of sp³-hybridized carbons (Fsp3) is 0.522. The van der Waals surface area contributed by atoms with Crippen LogP contribution in [0.4, 0.5) is 0 Å². The standard InChI is InChI=1S/C23H34N4O3.HI/c1-24-23(25-17-19-8-5-9-20(16-19)29-15-7-13-28-2)26-18-21(22-10-6-14-30-22)27-11-3-4-12-27;/h5-6,8-10,14,16,21H,3-4,7,11-13,15,17-18H2,1-2H3,(H2,24,25,26);1H. The molecular weight excluding hydrogens is 507 g/mol. The van der Waals surface area contributed by atoms with E-state index < -0.39 is 0 Å². The van der Waals surface area contributed by atoms with Crippen molar-refractivity contribution in [2.45, 2.75) is 31.8 Å². The molecule has 1 aliphatic rings. The van der Waals surface area contributed by atoms with E-state index in [1.807, 2.05) is 18.2 Å². The molecule has 0 spiro atoms. The first-order chi connectivity index (χ1) is 14.8. The van der Waals surface area contributed by atoms with E-state index in [9.17, 15) is 0 Å². The molecule has 0 saturated carbocycles. The summed E-state index contributed by atoms with van der Waals surface area (Å²) >= 11 is 0. The van der Waals surface area contributed by atoms with Crippen molar-refractivity contribution in [3.63, 3.8) is 0 Å². The third-order valence-electron chi connectivity index (χ3n) is 5.26. The van der Waals surface area contributed by atoms with Crippen LogP contribution in [0.25, 0.3) is 0 Å². The molecule has 1 atom stereocenters. The lowest BCUT2D eigenvalue weighted by Crippen LogP contribution is -2.42. The number of methoxy groups -OCH3 is 1. The van der Waals surface area contributed by atoms with Crippen molar-refractivity contribution in [2.24, 2.45) is 4.99 Å². The lowest BCUT2D eigenvalue weighted by Gasteiger charge is -2.26. The van der Waals surface area contributed by atoms with Crippen LogP contribution in [0.2, 0.25) is 0 Å². The zero-order valence-electron chi connectivity index (χ0n) is 18.5. The molecule has 0 bridgehead atoms. The molecule has 1 aromatic heterocycles. The summed E-state index contributed by atoms with van der Waals surface area (Å²) in [5, 5.41) is 6.85. The van der Waals surface area contributed by atoms with Gasteiger partial charge >= 0.3 is 0 Å². The van der Waals surface area contributed by atoms with Gasteiger partial charge in [-0.3, -0.25) is 9.89 Å². The van der Waals surface area contributed by atoms with Crippen molar-refractivity contribution < 1.29 is 13.9 Å². The minimum Gasteiger partial charge on any atom is -0.493 e. The topological polar surface area (TPSA) is 71.3 Å². The fourth-order valence-electron chi connectivity index (χ4n) is 3.68. The van der Waals surface area contributed by atoms with Gasteiger partial charge in [-0.15, -0.1) is 24.0 Å². The van der Waals surface area contributed by atoms with Crippen molar-refractivity contribution in [3.05, 3.63) is 54.0 Å². The molecule has 1 aliphatic heterocycles. The molecule has 0 amide bonds. The molecule has 1 unspecified atom stereocenters. The number of furan rings is 1. The number of halogens is 1. The number of likely N-dealkylation sites (tertiary alicyclic amines) is 1. The zero-order valence-corrected chi connectivity index (χ0v) is 20.8. The molecule has 3 rings (SSSR count). The third-order valence-corrected chi connectivity index (χ3v) is 5.26. The SMILES string of the molecule is CN=C(NCc1cccc(OCCCOC)c1)NCC(c1ccco1)N1CCCC1.I. The molecule has 1 saturated heterocycles. The highest BCUT2D eigenvalue weighted by atomic mass is 127. The van der Waals surface area contributed by atoms with Crippen molar-refractivity contribution >= 4 is 29.9 Å². The van der Waals surface area contributed by atoms with E-state index in [1.165, 1.54) is 12.8 Å². The van der Waals surface area contributed by atoms with Crippen molar-refractivity contribution in [2.75, 3.05) is 47.0 Å². The second-order valence-electron chi connectivity index (χ2n) is 7.42. The van der Waals surface area contributed by atoms with Crippen molar-refractivity contribution in [3.8, 4) is 5.75 Å². The van der Waals surface area contributed by atoms with Crippen LogP contribution >= 0.6 is 24.0 Å². The van der Waals surface area contributed by atoms with E-state index in [4.69, 9.17) is 13.9 Å². The Balaban J connectivity index is 0.00000341. The van der Waals surface area contributed by atoms with Gasteiger partial charge in [-0.25, -0.2) is 0 Å². The number of guanidine groups is 1. The van der Waals surface area contributed by atoms with Gasteiger partial charge in [-0.2, -0.15) is 0 Å². The lowest BCUT2D eigenvalue weighted by molar-refractivity contribution is 0.172. The molecule has 2 aromatic rings. The minimum atomic E-state index is 0. The van der Waals surface area contributed by atoms with Crippen LogP contribution in [-0.2, 0) is 11.3 Å². The number of hydrogen-bond donors (Lipinski definition) is 2. The van der Waals surface area contributed by atoms with Crippen LogP contribution in [-0.4, -0.2) is 57.9 Å². The maximum atomic E-state index is 5.79. The number of rotatable bonds is 11. The number of aliphatic imine (C=N–C) groups is 1. The normalized spacial score (nSPS) is 15.4. The Morgan fingerprint density at radius 3 is 2.71 bits per heavy atom. The minimum absolute atomic E-state index is 0. The molecule has 1 fully saturated rings. The predicted octanol–water partition coefficient (Wildman–Crippen LogP) is 3.82. The molecule has 2 heterocycles. The maximum Gasteiger partial charge on any atom is 0.191 e. The van der Waals surface area contributed by atoms with Crippen LogP contribution in [0.5, 0.6) is 5.75 Å². The van der Waals surface area contributed by atoms with Crippen LogP contribution in [0.15, 0.2) is 52.1 Å². The van der Waals surface area contributed by atoms with Crippen molar-refractivity contribution in [1.29, 1.82) is 0 Å². The molecule has 172 valence electrons. The van der Waals surface area contributed by atoms with Gasteiger partial charge in [0, 0.05) is 40.3 Å². The number of benzene rings is 1. The summed E-state index contributed by atoms with van der Waals surface area (Å²) in [6, 6.07) is 12.4. The van der Waals surface area contributed by atoms with Crippen LogP contribution in [0.1, 0.15) is 36.6 Å². The molecule has 0 radical (unpaired) electrons. The number of hydrogen-bond acceptors (Lipinski definition) is 5. The van der Waals surface area contributed by atoms with Gasteiger partial charge in [0.05, 0.1) is 18.9 Å². The van der Waals surface area contributed by atoms with Gasteiger partial charge in [0.2, 0.25) is 0 Å². The monoisotopic (exact) mass is 542 g/mol. The van der Waals surface area contributed by atoms with Crippen LogP contribution in [0.3, 0.4) is 0 Å². The Morgan fingerprint density at radius 1 is 1.16 bits per heavy atom. The predicted molar refractivity (Wildman–Crippen MR) is 134 cm³/mol. The Kier molecular flexibility index (Phi) is 11.8. The van der Waals surface area contributed by atoms with E-state index in [1.54, 1.807) is 20.4 Å². The van der Waals surface area contributed by atoms with Crippen LogP contribution < -0.4 is 15.4 Å². The Bertz CT molecular complexity index is 764. The largest absolute Gasteiger partial charge is 0.493 e. The van der Waals surface area contributed by atoms with Gasteiger partial charge in [0.15, 0.2) is 5.96 Å². The fourth-order valence-corrected chi connectivity index (χ4v) is 3.68. The highest BCUT2D eigenvalue weighted by Crippen LogP contribution is 2.24. The van der Waals surface area contributed by atoms with Gasteiger partial charge in [-0.1, -0.05) is 12.1 Å². The molecule has 7 nitrogen and oxygen atoms in total.